The van der Waals surface area contributed by atoms with Crippen molar-refractivity contribution in [2.45, 2.75) is 31.3 Å². The van der Waals surface area contributed by atoms with Crippen molar-refractivity contribution in [1.29, 1.82) is 0 Å². The molecule has 3 N–H and O–H groups in total. The number of aromatic nitrogens is 4. The smallest absolute Gasteiger partial charge is 0.186 e. The van der Waals surface area contributed by atoms with Crippen LogP contribution in [-0.4, -0.2) is 38.4 Å². The second-order valence-electron chi connectivity index (χ2n) is 6.57. The summed E-state index contributed by atoms with van der Waals surface area (Å²) in [7, 11) is 0. The van der Waals surface area contributed by atoms with Crippen LogP contribution >= 0.6 is 11.3 Å². The van der Waals surface area contributed by atoms with Crippen LogP contribution in [0.4, 0.5) is 5.82 Å². The molecule has 5 rings (SSSR count). The highest BCUT2D eigenvalue weighted by atomic mass is 32.1. The quantitative estimate of drug-likeness (QED) is 0.675. The van der Waals surface area contributed by atoms with Crippen LogP contribution in [0.5, 0.6) is 0 Å². The fraction of sp³-hybridized carbons (Fsp3) is 0.438. The summed E-state index contributed by atoms with van der Waals surface area (Å²) in [6.45, 7) is 1.06. The van der Waals surface area contributed by atoms with Crippen molar-refractivity contribution in [2.75, 3.05) is 11.9 Å². The number of rotatable bonds is 3. The molecule has 3 aromatic rings. The minimum Gasteiger partial charge on any atom is -0.366 e. The molecule has 7 nitrogen and oxygen atoms in total. The molecule has 3 atom stereocenters. The maximum Gasteiger partial charge on any atom is 0.186 e. The summed E-state index contributed by atoms with van der Waals surface area (Å²) in [5.74, 6) is 2.39. The highest BCUT2D eigenvalue weighted by Gasteiger charge is 2.33. The van der Waals surface area contributed by atoms with Crippen LogP contribution in [0.2, 0.25) is 0 Å². The summed E-state index contributed by atoms with van der Waals surface area (Å²) in [5.41, 5.74) is 8.48. The third-order valence-electron chi connectivity index (χ3n) is 5.03. The molecule has 8 heteroatoms. The van der Waals surface area contributed by atoms with Crippen LogP contribution in [0.25, 0.3) is 17.0 Å². The summed E-state index contributed by atoms with van der Waals surface area (Å²) in [6.07, 6.45) is 3.53. The normalized spacial score (nSPS) is 26.6. The SMILES string of the molecule is c1cc(-c2nnc3ccc(NC4CCC5NNCC5C4)nn23)cs1. The Kier molecular flexibility index (Phi) is 3.46. The molecule has 1 saturated carbocycles. The van der Waals surface area contributed by atoms with Crippen LogP contribution in [-0.2, 0) is 0 Å². The summed E-state index contributed by atoms with van der Waals surface area (Å²) in [5, 5.41) is 20.9. The Bertz CT molecular complexity index is 843. The lowest BCUT2D eigenvalue weighted by Crippen LogP contribution is -2.39. The zero-order valence-electron chi connectivity index (χ0n) is 13.1. The fourth-order valence-corrected chi connectivity index (χ4v) is 4.41. The van der Waals surface area contributed by atoms with Crippen molar-refractivity contribution in [1.82, 2.24) is 30.7 Å². The van der Waals surface area contributed by atoms with Gasteiger partial charge in [0.15, 0.2) is 11.5 Å². The second kappa shape index (κ2) is 5.80. The molecule has 0 amide bonds. The molecule has 0 spiro atoms. The standard InChI is InChI=1S/C16H19N7S/c1-2-13-11(8-17-19-13)7-12(1)18-14-3-4-15-20-21-16(23(15)22-14)10-5-6-24-9-10/h3-6,9,11-13,17,19H,1-2,7-8H2,(H,18,22). The van der Waals surface area contributed by atoms with Crippen molar-refractivity contribution in [3.8, 4) is 11.4 Å². The Labute approximate surface area is 143 Å². The van der Waals surface area contributed by atoms with E-state index in [9.17, 15) is 0 Å². The van der Waals surface area contributed by atoms with E-state index in [0.717, 1.165) is 35.8 Å². The van der Waals surface area contributed by atoms with Gasteiger partial charge >= 0.3 is 0 Å². The van der Waals surface area contributed by atoms with Gasteiger partial charge in [-0.1, -0.05) is 0 Å². The predicted molar refractivity (Wildman–Crippen MR) is 93.8 cm³/mol. The average molecular weight is 341 g/mol. The third kappa shape index (κ3) is 2.47. The number of fused-ring (bicyclic) bond motifs is 2. The van der Waals surface area contributed by atoms with E-state index in [4.69, 9.17) is 5.10 Å². The van der Waals surface area contributed by atoms with Crippen LogP contribution < -0.4 is 16.2 Å². The number of nitrogens with zero attached hydrogens (tertiary/aromatic N) is 4. The number of anilines is 1. The molecule has 2 fully saturated rings. The second-order valence-corrected chi connectivity index (χ2v) is 7.35. The van der Waals surface area contributed by atoms with Gasteiger partial charge in [-0.25, -0.2) is 0 Å². The molecular weight excluding hydrogens is 322 g/mol. The molecule has 2 aliphatic rings. The molecule has 4 heterocycles. The first-order chi connectivity index (χ1) is 11.9. The molecule has 0 aromatic carbocycles. The number of thiophene rings is 1. The summed E-state index contributed by atoms with van der Waals surface area (Å²) >= 11 is 1.65. The Hall–Kier alpha value is -2.03. The van der Waals surface area contributed by atoms with Gasteiger partial charge in [0.05, 0.1) is 0 Å². The first kappa shape index (κ1) is 14.3. The van der Waals surface area contributed by atoms with E-state index < -0.39 is 0 Å². The Morgan fingerprint density at radius 1 is 1.21 bits per heavy atom. The molecular formula is C16H19N7S. The maximum absolute atomic E-state index is 4.72. The Morgan fingerprint density at radius 2 is 2.21 bits per heavy atom. The van der Waals surface area contributed by atoms with E-state index in [0.29, 0.717) is 18.0 Å². The van der Waals surface area contributed by atoms with Gasteiger partial charge in [-0.2, -0.15) is 15.9 Å². The Morgan fingerprint density at radius 3 is 3.12 bits per heavy atom. The van der Waals surface area contributed by atoms with Gasteiger partial charge in [0, 0.05) is 29.6 Å². The fourth-order valence-electron chi connectivity index (χ4n) is 3.78. The van der Waals surface area contributed by atoms with Crippen molar-refractivity contribution >= 4 is 22.8 Å². The van der Waals surface area contributed by atoms with Crippen LogP contribution in [0.3, 0.4) is 0 Å². The first-order valence-electron chi connectivity index (χ1n) is 8.37. The van der Waals surface area contributed by atoms with Gasteiger partial charge in [0.25, 0.3) is 0 Å². The molecule has 1 aliphatic carbocycles. The topological polar surface area (TPSA) is 79.2 Å². The van der Waals surface area contributed by atoms with Crippen molar-refractivity contribution in [3.63, 3.8) is 0 Å². The lowest BCUT2D eigenvalue weighted by molar-refractivity contribution is 0.314. The minimum atomic E-state index is 0.471. The molecule has 0 bridgehead atoms. The molecule has 24 heavy (non-hydrogen) atoms. The van der Waals surface area contributed by atoms with Crippen molar-refractivity contribution in [2.24, 2.45) is 5.92 Å². The van der Waals surface area contributed by atoms with E-state index in [1.807, 2.05) is 28.1 Å². The number of nitrogens with one attached hydrogen (secondary N) is 3. The highest BCUT2D eigenvalue weighted by molar-refractivity contribution is 7.08. The van der Waals surface area contributed by atoms with Crippen LogP contribution in [0.15, 0.2) is 29.0 Å². The summed E-state index contributed by atoms with van der Waals surface area (Å²) in [4.78, 5) is 0. The van der Waals surface area contributed by atoms with Gasteiger partial charge in [-0.3, -0.25) is 10.9 Å². The maximum atomic E-state index is 4.72. The molecule has 124 valence electrons. The molecule has 3 unspecified atom stereocenters. The van der Waals surface area contributed by atoms with Gasteiger partial charge < -0.3 is 5.32 Å². The highest BCUT2D eigenvalue weighted by Crippen LogP contribution is 2.28. The summed E-state index contributed by atoms with van der Waals surface area (Å²) in [6, 6.07) is 7.12. The number of hydrogen-bond acceptors (Lipinski definition) is 7. The van der Waals surface area contributed by atoms with Gasteiger partial charge in [-0.05, 0) is 48.8 Å². The minimum absolute atomic E-state index is 0.471. The molecule has 3 aromatic heterocycles. The zero-order chi connectivity index (χ0) is 15.9. The number of hydrazine groups is 1. The predicted octanol–water partition coefficient (Wildman–Crippen LogP) is 1.91. The van der Waals surface area contributed by atoms with E-state index >= 15 is 0 Å². The van der Waals surface area contributed by atoms with Crippen molar-refractivity contribution in [3.05, 3.63) is 29.0 Å². The molecule has 1 saturated heterocycles. The van der Waals surface area contributed by atoms with E-state index in [-0.39, 0.29) is 0 Å². The van der Waals surface area contributed by atoms with Gasteiger partial charge in [-0.15, -0.1) is 15.3 Å². The molecule has 0 radical (unpaired) electrons. The average Bonchev–Trinajstić information content (AvgIpc) is 3.34. The Balaban J connectivity index is 1.40. The van der Waals surface area contributed by atoms with Gasteiger partial charge in [0.1, 0.15) is 5.82 Å². The monoisotopic (exact) mass is 341 g/mol. The first-order valence-corrected chi connectivity index (χ1v) is 9.31. The largest absolute Gasteiger partial charge is 0.366 e. The number of hydrogen-bond donors (Lipinski definition) is 3. The van der Waals surface area contributed by atoms with Crippen LogP contribution in [0.1, 0.15) is 19.3 Å². The summed E-state index contributed by atoms with van der Waals surface area (Å²) < 4.78 is 1.83. The third-order valence-corrected chi connectivity index (χ3v) is 5.71. The van der Waals surface area contributed by atoms with Gasteiger partial charge in [0.2, 0.25) is 0 Å². The van der Waals surface area contributed by atoms with Crippen molar-refractivity contribution < 1.29 is 0 Å². The lowest BCUT2D eigenvalue weighted by Gasteiger charge is -2.31. The zero-order valence-corrected chi connectivity index (χ0v) is 14.0. The van der Waals surface area contributed by atoms with Crippen LogP contribution in [0, 0.1) is 5.92 Å². The van der Waals surface area contributed by atoms with E-state index in [1.54, 1.807) is 11.3 Å². The lowest BCUT2D eigenvalue weighted by atomic mass is 9.83. The van der Waals surface area contributed by atoms with E-state index in [2.05, 4.69) is 31.7 Å². The van der Waals surface area contributed by atoms with E-state index in [1.165, 1.54) is 12.8 Å². The molecule has 1 aliphatic heterocycles.